The molecule has 0 saturated carbocycles. The highest BCUT2D eigenvalue weighted by Crippen LogP contribution is 2.40. The Morgan fingerprint density at radius 3 is 0.973 bits per heavy atom. The number of ether oxygens (including phenoxy) is 16. The molecule has 0 amide bonds. The maximum Gasteiger partial charge on any atom is 0.305 e. The highest BCUT2D eigenvalue weighted by atomic mass is 16.8. The molecule has 3 fully saturated rings. The fourth-order valence-corrected chi connectivity index (χ4v) is 14.1. The van der Waals surface area contributed by atoms with Crippen LogP contribution in [0.2, 0.25) is 0 Å². The van der Waals surface area contributed by atoms with Crippen LogP contribution in [0.1, 0.15) is 102 Å². The van der Waals surface area contributed by atoms with Crippen LogP contribution in [-0.4, -0.2) is 131 Å². The average Bonchev–Trinajstić information content (AvgIpc) is 0.762. The number of carbonyl (C=O) groups is 1. The molecule has 15 atom stereocenters. The summed E-state index contributed by atoms with van der Waals surface area (Å²) in [6, 6.07) is 88.2. The zero-order valence-electron chi connectivity index (χ0n) is 63.8. The van der Waals surface area contributed by atoms with Gasteiger partial charge in [-0.15, -0.1) is 0 Å². The Morgan fingerprint density at radius 1 is 0.321 bits per heavy atom. The van der Waals surface area contributed by atoms with Crippen molar-refractivity contribution in [3.63, 3.8) is 0 Å². The van der Waals surface area contributed by atoms with Crippen molar-refractivity contribution >= 4 is 5.97 Å². The summed E-state index contributed by atoms with van der Waals surface area (Å²) in [6.07, 6.45) is -9.75. The lowest BCUT2D eigenvalue weighted by molar-refractivity contribution is -0.391. The minimum atomic E-state index is -1.41. The van der Waals surface area contributed by atoms with Crippen LogP contribution in [-0.2, 0) is 140 Å². The van der Waals surface area contributed by atoms with Crippen LogP contribution in [0.4, 0.5) is 0 Å². The standard InChI is InChI=1S/C92H105N3O17/c1-2-100-80(96)54-34-5-3-4-6-35-55-101-90-81(94-95-93)85(104-61-73-46-26-12-27-47-73)84(79(108-90)67-99-58-70-40-20-9-21-41-70)111-92-89(107-64-76-52-32-15-33-53-76)87(83(103-60-72-44-24-11-25-45-72)78(110-92)66-98-57-69-38-18-8-19-39-69)112-91-88(106-63-75-50-30-14-31-51-75)86(105-62-74-48-28-13-29-49-74)82(102-59-71-42-22-10-23-43-71)77(109-91)65-97-56-68-36-16-7-17-37-68/h7-33,36-53,77-79,81-92H,2-6,34-35,54-67H2,1H3/t77-,78-,79-,81-,82+,83+,84-,85-,86+,87+,88-,89-,90-,91-,92+/m1/s1. The fourth-order valence-electron chi connectivity index (χ4n) is 14.1. The van der Waals surface area contributed by atoms with Crippen LogP contribution in [0, 0.1) is 0 Å². The molecule has 3 heterocycles. The number of unbranched alkanes of at least 4 members (excludes halogenated alkanes) is 5. The van der Waals surface area contributed by atoms with Gasteiger partial charge in [-0.25, -0.2) is 0 Å². The van der Waals surface area contributed by atoms with Crippen molar-refractivity contribution < 1.29 is 80.6 Å². The third kappa shape index (κ3) is 26.1. The van der Waals surface area contributed by atoms with Gasteiger partial charge in [0.15, 0.2) is 18.9 Å². The topological polar surface area (TPSA) is 214 Å². The number of esters is 1. The van der Waals surface area contributed by atoms with Gasteiger partial charge in [0.25, 0.3) is 0 Å². The van der Waals surface area contributed by atoms with E-state index in [0.29, 0.717) is 19.4 Å². The lowest BCUT2D eigenvalue weighted by Crippen LogP contribution is -2.68. The summed E-state index contributed by atoms with van der Waals surface area (Å²) in [5, 5.41) is 4.50. The first-order valence-corrected chi connectivity index (χ1v) is 39.3. The van der Waals surface area contributed by atoms with Crippen molar-refractivity contribution in [3.05, 3.63) is 334 Å². The van der Waals surface area contributed by atoms with E-state index in [4.69, 9.17) is 75.8 Å². The zero-order valence-corrected chi connectivity index (χ0v) is 63.8. The van der Waals surface area contributed by atoms with Gasteiger partial charge in [0.05, 0.1) is 85.9 Å². The van der Waals surface area contributed by atoms with Crippen molar-refractivity contribution in [1.82, 2.24) is 0 Å². The Bertz CT molecular complexity index is 4080. The van der Waals surface area contributed by atoms with Crippen molar-refractivity contribution in [2.75, 3.05) is 33.0 Å². The number of hydrogen-bond acceptors (Lipinski definition) is 18. The lowest BCUT2D eigenvalue weighted by atomic mass is 9.94. The van der Waals surface area contributed by atoms with Crippen LogP contribution in [0.15, 0.2) is 278 Å². The molecule has 0 radical (unpaired) electrons. The van der Waals surface area contributed by atoms with Gasteiger partial charge in [-0.3, -0.25) is 4.79 Å². The number of rotatable bonds is 46. The molecule has 0 aromatic heterocycles. The van der Waals surface area contributed by atoms with E-state index in [2.05, 4.69) is 10.0 Å². The molecule has 3 aliphatic rings. The van der Waals surface area contributed by atoms with Crippen LogP contribution in [0.3, 0.4) is 0 Å². The Kier molecular flexibility index (Phi) is 34.2. The van der Waals surface area contributed by atoms with Gasteiger partial charge in [0.2, 0.25) is 0 Å². The minimum Gasteiger partial charge on any atom is -0.466 e. The van der Waals surface area contributed by atoms with E-state index >= 15 is 0 Å². The molecule has 112 heavy (non-hydrogen) atoms. The Balaban J connectivity index is 0.970. The zero-order chi connectivity index (χ0) is 76.8. The first-order valence-electron chi connectivity index (χ1n) is 39.3. The SMILES string of the molecule is CCOC(=O)CCCCCCCCO[C@@H]1O[C@H](COCc2ccccc2)[C@@H](O[C@@H]2O[C@H](COCc3ccccc3)[C@H](OCc3ccccc3)[C@H](O[C@H]3O[C@H](COCc4ccccc4)[C@H](OCc4ccccc4)[C@H](OCc4ccccc4)[C@H]3OCc3ccccc3)[C@H]2OCc2ccccc2)[C@H](OCc2ccccc2)[C@H]1N=[N+]=[N-]. The molecule has 3 saturated heterocycles. The molecule has 9 aromatic rings. The predicted octanol–water partition coefficient (Wildman–Crippen LogP) is 17.1. The minimum absolute atomic E-state index is 0.0341. The first kappa shape index (κ1) is 82.6. The fraction of sp³-hybridized carbons (Fsp3) is 0.402. The van der Waals surface area contributed by atoms with E-state index in [1.165, 1.54) is 0 Å². The van der Waals surface area contributed by atoms with Gasteiger partial charge in [0.1, 0.15) is 73.2 Å². The smallest absolute Gasteiger partial charge is 0.305 e. The number of benzene rings is 9. The van der Waals surface area contributed by atoms with E-state index in [9.17, 15) is 10.3 Å². The lowest BCUT2D eigenvalue weighted by Gasteiger charge is -2.51. The van der Waals surface area contributed by atoms with Crippen LogP contribution in [0.25, 0.3) is 10.4 Å². The maximum absolute atomic E-state index is 12.1. The molecule has 0 N–H and O–H groups in total. The summed E-state index contributed by atoms with van der Waals surface area (Å²) in [5.41, 5.74) is 18.9. The second-order valence-corrected chi connectivity index (χ2v) is 28.1. The third-order valence-electron chi connectivity index (χ3n) is 19.8. The highest BCUT2D eigenvalue weighted by molar-refractivity contribution is 5.69. The monoisotopic (exact) mass is 1520 g/mol. The van der Waals surface area contributed by atoms with E-state index in [-0.39, 0.29) is 91.9 Å². The molecule has 590 valence electrons. The Labute approximate surface area is 658 Å². The van der Waals surface area contributed by atoms with Gasteiger partial charge >= 0.3 is 5.97 Å². The maximum atomic E-state index is 12.1. The summed E-state index contributed by atoms with van der Waals surface area (Å²) in [5.74, 6) is -0.176. The Hall–Kier alpha value is -8.84. The molecule has 0 spiro atoms. The largest absolute Gasteiger partial charge is 0.466 e. The number of azide groups is 1. The molecule has 9 aromatic carbocycles. The normalized spacial score (nSPS) is 23.7. The summed E-state index contributed by atoms with van der Waals surface area (Å²) >= 11 is 0. The molecule has 0 aliphatic carbocycles. The summed E-state index contributed by atoms with van der Waals surface area (Å²) in [7, 11) is 0. The number of hydrogen-bond donors (Lipinski definition) is 0. The molecule has 12 rings (SSSR count). The van der Waals surface area contributed by atoms with Crippen LogP contribution >= 0.6 is 0 Å². The van der Waals surface area contributed by atoms with Gasteiger partial charge in [0, 0.05) is 17.9 Å². The summed E-state index contributed by atoms with van der Waals surface area (Å²) in [4.78, 5) is 15.5. The molecular weight excluding hydrogens is 1420 g/mol. The van der Waals surface area contributed by atoms with Crippen LogP contribution < -0.4 is 0 Å². The van der Waals surface area contributed by atoms with Gasteiger partial charge in [-0.05, 0) is 75.4 Å². The number of carbonyl (C=O) groups excluding carboxylic acids is 1. The number of nitrogens with zero attached hydrogens (tertiary/aromatic N) is 3. The van der Waals surface area contributed by atoms with Gasteiger partial charge < -0.3 is 75.8 Å². The molecule has 0 bridgehead atoms. The van der Waals surface area contributed by atoms with Gasteiger partial charge in [-0.1, -0.05) is 304 Å². The molecular formula is C92H105N3O17. The van der Waals surface area contributed by atoms with E-state index in [0.717, 1.165) is 82.2 Å². The second-order valence-electron chi connectivity index (χ2n) is 28.1. The molecule has 20 heteroatoms. The summed E-state index contributed by atoms with van der Waals surface area (Å²) < 4.78 is 114. The van der Waals surface area contributed by atoms with E-state index < -0.39 is 92.1 Å². The molecule has 20 nitrogen and oxygen atoms in total. The van der Waals surface area contributed by atoms with E-state index in [1.54, 1.807) is 0 Å². The molecule has 3 aliphatic heterocycles. The van der Waals surface area contributed by atoms with Crippen LogP contribution in [0.5, 0.6) is 0 Å². The third-order valence-corrected chi connectivity index (χ3v) is 19.8. The summed E-state index contributed by atoms with van der Waals surface area (Å²) in [6.45, 7) is 3.81. The second kappa shape index (κ2) is 46.4. The van der Waals surface area contributed by atoms with E-state index in [1.807, 2.05) is 280 Å². The first-order chi connectivity index (χ1) is 55.4. The van der Waals surface area contributed by atoms with Gasteiger partial charge in [-0.2, -0.15) is 0 Å². The predicted molar refractivity (Wildman–Crippen MR) is 422 cm³/mol. The van der Waals surface area contributed by atoms with Crippen molar-refractivity contribution in [3.8, 4) is 0 Å². The van der Waals surface area contributed by atoms with Crippen molar-refractivity contribution in [1.29, 1.82) is 0 Å². The average molecular weight is 1520 g/mol. The van der Waals surface area contributed by atoms with Crippen molar-refractivity contribution in [2.45, 2.75) is 203 Å². The Morgan fingerprint density at radius 2 is 0.607 bits per heavy atom. The quantitative estimate of drug-likeness (QED) is 0.0114. The highest BCUT2D eigenvalue weighted by Gasteiger charge is 2.57. The van der Waals surface area contributed by atoms with Crippen molar-refractivity contribution in [2.24, 2.45) is 5.11 Å². The molecule has 0 unspecified atom stereocenters.